The van der Waals surface area contributed by atoms with E-state index in [0.717, 1.165) is 0 Å². The SMILES string of the molecule is COCC(C)CC(O)c1c(F)ccc(C)c1F. The Bertz CT molecular complexity index is 380. The lowest BCUT2D eigenvalue weighted by Crippen LogP contribution is -2.12. The zero-order valence-electron chi connectivity index (χ0n) is 10.3. The second kappa shape index (κ2) is 6.07. The summed E-state index contributed by atoms with van der Waals surface area (Å²) in [5, 5.41) is 9.87. The summed E-state index contributed by atoms with van der Waals surface area (Å²) in [7, 11) is 1.55. The molecule has 2 atom stereocenters. The van der Waals surface area contributed by atoms with Crippen LogP contribution in [-0.2, 0) is 4.74 Å². The van der Waals surface area contributed by atoms with Crippen LogP contribution in [-0.4, -0.2) is 18.8 Å². The van der Waals surface area contributed by atoms with Crippen molar-refractivity contribution in [3.05, 3.63) is 34.9 Å². The van der Waals surface area contributed by atoms with Gasteiger partial charge in [0.15, 0.2) is 0 Å². The van der Waals surface area contributed by atoms with Crippen LogP contribution in [0.3, 0.4) is 0 Å². The van der Waals surface area contributed by atoms with Crippen molar-refractivity contribution in [3.8, 4) is 0 Å². The van der Waals surface area contributed by atoms with Crippen molar-refractivity contribution >= 4 is 0 Å². The maximum atomic E-state index is 13.7. The highest BCUT2D eigenvalue weighted by Gasteiger charge is 2.21. The molecule has 0 amide bonds. The predicted molar refractivity (Wildman–Crippen MR) is 61.7 cm³/mol. The number of hydrogen-bond donors (Lipinski definition) is 1. The van der Waals surface area contributed by atoms with Crippen LogP contribution >= 0.6 is 0 Å². The van der Waals surface area contributed by atoms with Crippen molar-refractivity contribution in [2.24, 2.45) is 5.92 Å². The highest BCUT2D eigenvalue weighted by atomic mass is 19.1. The van der Waals surface area contributed by atoms with Gasteiger partial charge in [0.2, 0.25) is 0 Å². The molecule has 0 saturated heterocycles. The molecule has 0 radical (unpaired) electrons. The van der Waals surface area contributed by atoms with Gasteiger partial charge in [-0.3, -0.25) is 0 Å². The molecule has 1 rings (SSSR count). The molecule has 0 spiro atoms. The van der Waals surface area contributed by atoms with E-state index in [9.17, 15) is 13.9 Å². The lowest BCUT2D eigenvalue weighted by molar-refractivity contribution is 0.0973. The van der Waals surface area contributed by atoms with Crippen molar-refractivity contribution in [1.82, 2.24) is 0 Å². The highest BCUT2D eigenvalue weighted by molar-refractivity contribution is 5.28. The molecule has 0 fully saturated rings. The third-order valence-corrected chi connectivity index (χ3v) is 2.73. The largest absolute Gasteiger partial charge is 0.388 e. The molecule has 0 saturated carbocycles. The van der Waals surface area contributed by atoms with E-state index in [-0.39, 0.29) is 17.9 Å². The number of benzene rings is 1. The lowest BCUT2D eigenvalue weighted by Gasteiger charge is -2.18. The van der Waals surface area contributed by atoms with Crippen LogP contribution < -0.4 is 0 Å². The average molecular weight is 244 g/mol. The zero-order valence-corrected chi connectivity index (χ0v) is 10.3. The van der Waals surface area contributed by atoms with Gasteiger partial charge in [-0.25, -0.2) is 8.78 Å². The van der Waals surface area contributed by atoms with E-state index >= 15 is 0 Å². The molecule has 1 aromatic rings. The van der Waals surface area contributed by atoms with Crippen molar-refractivity contribution in [3.63, 3.8) is 0 Å². The normalized spacial score (nSPS) is 14.7. The summed E-state index contributed by atoms with van der Waals surface area (Å²) in [6, 6.07) is 2.54. The van der Waals surface area contributed by atoms with E-state index in [1.54, 1.807) is 14.0 Å². The molecule has 0 aliphatic carbocycles. The molecule has 0 bridgehead atoms. The van der Waals surface area contributed by atoms with Gasteiger partial charge in [-0.2, -0.15) is 0 Å². The average Bonchev–Trinajstić information content (AvgIpc) is 2.24. The molecule has 17 heavy (non-hydrogen) atoms. The molecule has 1 aromatic carbocycles. The maximum Gasteiger partial charge on any atom is 0.134 e. The Kier molecular flexibility index (Phi) is 5.02. The summed E-state index contributed by atoms with van der Waals surface area (Å²) >= 11 is 0. The third-order valence-electron chi connectivity index (χ3n) is 2.73. The van der Waals surface area contributed by atoms with E-state index in [1.165, 1.54) is 12.1 Å². The van der Waals surface area contributed by atoms with Gasteiger partial charge in [-0.05, 0) is 30.9 Å². The van der Waals surface area contributed by atoms with Crippen LogP contribution in [0.5, 0.6) is 0 Å². The maximum absolute atomic E-state index is 13.7. The van der Waals surface area contributed by atoms with Gasteiger partial charge in [-0.15, -0.1) is 0 Å². The van der Waals surface area contributed by atoms with Crippen LogP contribution in [0.25, 0.3) is 0 Å². The van der Waals surface area contributed by atoms with E-state index in [1.807, 2.05) is 6.92 Å². The number of rotatable bonds is 5. The van der Waals surface area contributed by atoms with Crippen LogP contribution in [0.4, 0.5) is 8.78 Å². The fourth-order valence-corrected chi connectivity index (χ4v) is 1.84. The molecule has 0 aromatic heterocycles. The summed E-state index contributed by atoms with van der Waals surface area (Å²) in [5.74, 6) is -1.33. The molecule has 2 nitrogen and oxygen atoms in total. The third kappa shape index (κ3) is 3.48. The fraction of sp³-hybridized carbons (Fsp3) is 0.538. The van der Waals surface area contributed by atoms with Gasteiger partial charge >= 0.3 is 0 Å². The number of hydrogen-bond acceptors (Lipinski definition) is 2. The fourth-order valence-electron chi connectivity index (χ4n) is 1.84. The first-order chi connectivity index (χ1) is 7.97. The molecule has 0 aliphatic rings. The molecule has 4 heteroatoms. The van der Waals surface area contributed by atoms with Gasteiger partial charge in [0.05, 0.1) is 11.7 Å². The summed E-state index contributed by atoms with van der Waals surface area (Å²) in [5.41, 5.74) is 0.0906. The Morgan fingerprint density at radius 2 is 2.00 bits per heavy atom. The van der Waals surface area contributed by atoms with Crippen LogP contribution in [0.15, 0.2) is 12.1 Å². The molecule has 0 aliphatic heterocycles. The Hall–Kier alpha value is -1.00. The van der Waals surface area contributed by atoms with Gasteiger partial charge in [0.25, 0.3) is 0 Å². The van der Waals surface area contributed by atoms with E-state index in [4.69, 9.17) is 4.74 Å². The standard InChI is InChI=1S/C13H18F2O2/c1-8(7-17-3)6-11(16)12-10(14)5-4-9(2)13(12)15/h4-5,8,11,16H,6-7H2,1-3H3. The number of aryl methyl sites for hydroxylation is 1. The second-order valence-corrected chi connectivity index (χ2v) is 4.40. The molecule has 0 heterocycles. The second-order valence-electron chi connectivity index (χ2n) is 4.40. The van der Waals surface area contributed by atoms with E-state index in [2.05, 4.69) is 0 Å². The molecular formula is C13H18F2O2. The minimum Gasteiger partial charge on any atom is -0.388 e. The van der Waals surface area contributed by atoms with Crippen molar-refractivity contribution < 1.29 is 18.6 Å². The number of aliphatic hydroxyl groups is 1. The van der Waals surface area contributed by atoms with Crippen molar-refractivity contribution in [1.29, 1.82) is 0 Å². The van der Waals surface area contributed by atoms with Crippen molar-refractivity contribution in [2.45, 2.75) is 26.4 Å². The number of aliphatic hydroxyl groups excluding tert-OH is 1. The predicted octanol–water partition coefficient (Wildman–Crippen LogP) is 2.98. The number of ether oxygens (including phenoxy) is 1. The molecular weight excluding hydrogens is 226 g/mol. The van der Waals surface area contributed by atoms with E-state index in [0.29, 0.717) is 12.2 Å². The van der Waals surface area contributed by atoms with Crippen LogP contribution in [0, 0.1) is 24.5 Å². The summed E-state index contributed by atoms with van der Waals surface area (Å²) in [6.07, 6.45) is -0.870. The van der Waals surface area contributed by atoms with E-state index < -0.39 is 17.7 Å². The quantitative estimate of drug-likeness (QED) is 0.862. The molecule has 2 unspecified atom stereocenters. The van der Waals surface area contributed by atoms with Crippen LogP contribution in [0.1, 0.15) is 30.6 Å². The van der Waals surface area contributed by atoms with Crippen molar-refractivity contribution in [2.75, 3.05) is 13.7 Å². The van der Waals surface area contributed by atoms with Gasteiger partial charge in [-0.1, -0.05) is 13.0 Å². The zero-order chi connectivity index (χ0) is 13.0. The number of methoxy groups -OCH3 is 1. The summed E-state index contributed by atoms with van der Waals surface area (Å²) < 4.78 is 32.1. The van der Waals surface area contributed by atoms with Gasteiger partial charge < -0.3 is 9.84 Å². The minimum atomic E-state index is -1.14. The summed E-state index contributed by atoms with van der Waals surface area (Å²) in [4.78, 5) is 0. The van der Waals surface area contributed by atoms with Crippen LogP contribution in [0.2, 0.25) is 0 Å². The topological polar surface area (TPSA) is 29.5 Å². The summed E-state index contributed by atoms with van der Waals surface area (Å²) in [6.45, 7) is 3.86. The van der Waals surface area contributed by atoms with Gasteiger partial charge in [0.1, 0.15) is 11.6 Å². The first-order valence-corrected chi connectivity index (χ1v) is 5.58. The highest BCUT2D eigenvalue weighted by Crippen LogP contribution is 2.27. The monoisotopic (exact) mass is 244 g/mol. The lowest BCUT2D eigenvalue weighted by atomic mass is 9.96. The number of halogens is 2. The Morgan fingerprint density at radius 3 is 2.59 bits per heavy atom. The molecule has 1 N–H and O–H groups in total. The smallest absolute Gasteiger partial charge is 0.134 e. The Labute approximate surface area is 100 Å². The first-order valence-electron chi connectivity index (χ1n) is 5.58. The molecule has 96 valence electrons. The Balaban J connectivity index is 2.88. The van der Waals surface area contributed by atoms with Gasteiger partial charge in [0, 0.05) is 13.7 Å². The first kappa shape index (κ1) is 14.1. The minimum absolute atomic E-state index is 0.0364. The Morgan fingerprint density at radius 1 is 1.35 bits per heavy atom.